The van der Waals surface area contributed by atoms with Gasteiger partial charge in [-0.25, -0.2) is 0 Å². The molecule has 0 unspecified atom stereocenters. The highest BCUT2D eigenvalue weighted by Crippen LogP contribution is 2.51. The van der Waals surface area contributed by atoms with Crippen molar-refractivity contribution < 1.29 is 14.3 Å². The van der Waals surface area contributed by atoms with Crippen LogP contribution in [-0.2, 0) is 4.79 Å². The zero-order valence-corrected chi connectivity index (χ0v) is 14.8. The number of ketones is 1. The lowest BCUT2D eigenvalue weighted by Gasteiger charge is -2.39. The molecule has 0 amide bonds. The number of nitrogens with one attached hydrogen (secondary N) is 1. The van der Waals surface area contributed by atoms with Crippen molar-refractivity contribution >= 4 is 11.5 Å². The second kappa shape index (κ2) is 5.34. The van der Waals surface area contributed by atoms with Gasteiger partial charge < -0.3 is 14.8 Å². The van der Waals surface area contributed by atoms with Crippen LogP contribution in [0.2, 0.25) is 0 Å². The summed E-state index contributed by atoms with van der Waals surface area (Å²) in [6.07, 6.45) is 5.01. The van der Waals surface area contributed by atoms with Crippen LogP contribution in [0.15, 0.2) is 47.9 Å². The Bertz CT molecular complexity index is 947. The summed E-state index contributed by atoms with van der Waals surface area (Å²) in [5.74, 6) is 1.55. The highest BCUT2D eigenvalue weighted by Gasteiger charge is 2.41. The number of pyridine rings is 1. The summed E-state index contributed by atoms with van der Waals surface area (Å²) in [6, 6.07) is 7.94. The first-order valence-electron chi connectivity index (χ1n) is 8.89. The number of ether oxygens (including phenoxy) is 2. The molecule has 1 atom stereocenters. The molecule has 26 heavy (non-hydrogen) atoms. The second-order valence-corrected chi connectivity index (χ2v) is 7.97. The average Bonchev–Trinajstić information content (AvgIpc) is 3.05. The van der Waals surface area contributed by atoms with Crippen LogP contribution < -0.4 is 14.8 Å². The van der Waals surface area contributed by atoms with Gasteiger partial charge in [-0.15, -0.1) is 0 Å². The van der Waals surface area contributed by atoms with E-state index in [0.717, 1.165) is 46.0 Å². The Balaban J connectivity index is 1.73. The van der Waals surface area contributed by atoms with Crippen LogP contribution in [0.4, 0.5) is 5.69 Å². The number of benzene rings is 1. The number of fused-ring (bicyclic) bond motifs is 2. The number of rotatable bonds is 1. The van der Waals surface area contributed by atoms with Crippen molar-refractivity contribution in [2.45, 2.75) is 32.6 Å². The van der Waals surface area contributed by atoms with E-state index >= 15 is 0 Å². The van der Waals surface area contributed by atoms with Crippen LogP contribution in [-0.4, -0.2) is 17.6 Å². The Morgan fingerprint density at radius 2 is 2.00 bits per heavy atom. The summed E-state index contributed by atoms with van der Waals surface area (Å²) in [6.45, 7) is 4.52. The predicted molar refractivity (Wildman–Crippen MR) is 97.3 cm³/mol. The maximum atomic E-state index is 13.1. The number of hydrogen-bond donors (Lipinski definition) is 1. The molecular weight excluding hydrogens is 328 g/mol. The number of hydrogen-bond acceptors (Lipinski definition) is 5. The second-order valence-electron chi connectivity index (χ2n) is 7.97. The minimum Gasteiger partial charge on any atom is -0.454 e. The molecule has 2 aromatic rings. The van der Waals surface area contributed by atoms with Gasteiger partial charge in [0, 0.05) is 47.8 Å². The van der Waals surface area contributed by atoms with Crippen molar-refractivity contribution in [3.05, 3.63) is 59.1 Å². The number of aromatic nitrogens is 1. The van der Waals surface area contributed by atoms with Crippen LogP contribution >= 0.6 is 0 Å². The molecule has 5 nitrogen and oxygen atoms in total. The first-order chi connectivity index (χ1) is 12.5. The van der Waals surface area contributed by atoms with Gasteiger partial charge >= 0.3 is 0 Å². The maximum Gasteiger partial charge on any atom is 0.231 e. The van der Waals surface area contributed by atoms with Gasteiger partial charge in [0.1, 0.15) is 0 Å². The van der Waals surface area contributed by atoms with Crippen LogP contribution in [0.3, 0.4) is 0 Å². The molecule has 0 spiro atoms. The van der Waals surface area contributed by atoms with Crippen LogP contribution in [0.1, 0.15) is 43.7 Å². The molecule has 5 heteroatoms. The number of allylic oxidation sites excluding steroid dienone is 2. The highest BCUT2D eigenvalue weighted by atomic mass is 16.7. The topological polar surface area (TPSA) is 60.5 Å². The van der Waals surface area contributed by atoms with E-state index in [-0.39, 0.29) is 23.9 Å². The molecule has 1 aliphatic carbocycles. The molecule has 1 aromatic heterocycles. The first-order valence-corrected chi connectivity index (χ1v) is 8.89. The first kappa shape index (κ1) is 15.4. The van der Waals surface area contributed by atoms with E-state index < -0.39 is 0 Å². The van der Waals surface area contributed by atoms with Gasteiger partial charge in [0.2, 0.25) is 6.79 Å². The standard InChI is InChI=1S/C21H20N2O3/c1-21(2)8-15-20(16(24)9-21)19(12-4-3-5-22-10-12)13-6-17-18(26-11-25-17)7-14(13)23-15/h3-7,10,19,23H,8-9,11H2,1-2H3/t19-/m1/s1. The highest BCUT2D eigenvalue weighted by molar-refractivity contribution is 6.01. The summed E-state index contributed by atoms with van der Waals surface area (Å²) in [5, 5.41) is 3.52. The molecule has 0 radical (unpaired) electrons. The Morgan fingerprint density at radius 3 is 2.77 bits per heavy atom. The molecule has 2 aliphatic heterocycles. The molecule has 0 bridgehead atoms. The summed E-state index contributed by atoms with van der Waals surface area (Å²) < 4.78 is 11.1. The smallest absolute Gasteiger partial charge is 0.231 e. The molecule has 0 saturated heterocycles. The maximum absolute atomic E-state index is 13.1. The Kier molecular flexibility index (Phi) is 3.17. The lowest BCUT2D eigenvalue weighted by Crippen LogP contribution is -2.33. The molecule has 3 aliphatic rings. The number of nitrogens with zero attached hydrogens (tertiary/aromatic N) is 1. The number of Topliss-reactive ketones (excluding diaryl/α,β-unsaturated/α-hetero) is 1. The Morgan fingerprint density at radius 1 is 1.19 bits per heavy atom. The van der Waals surface area contributed by atoms with Crippen molar-refractivity contribution in [3.8, 4) is 11.5 Å². The number of anilines is 1. The molecule has 3 heterocycles. The fourth-order valence-corrected chi connectivity index (χ4v) is 4.30. The van der Waals surface area contributed by atoms with Gasteiger partial charge in [0.25, 0.3) is 0 Å². The van der Waals surface area contributed by atoms with Gasteiger partial charge in [0.05, 0.1) is 0 Å². The zero-order valence-electron chi connectivity index (χ0n) is 14.8. The lowest BCUT2D eigenvalue weighted by atomic mass is 9.69. The monoisotopic (exact) mass is 348 g/mol. The van der Waals surface area contributed by atoms with Crippen molar-refractivity contribution in [1.29, 1.82) is 0 Å². The van der Waals surface area contributed by atoms with Crippen molar-refractivity contribution in [1.82, 2.24) is 4.98 Å². The van der Waals surface area contributed by atoms with E-state index in [9.17, 15) is 4.79 Å². The normalized spacial score (nSPS) is 22.5. The van der Waals surface area contributed by atoms with E-state index in [1.54, 1.807) is 6.20 Å². The summed E-state index contributed by atoms with van der Waals surface area (Å²) in [7, 11) is 0. The fourth-order valence-electron chi connectivity index (χ4n) is 4.30. The molecule has 5 rings (SSSR count). The van der Waals surface area contributed by atoms with Crippen molar-refractivity contribution in [2.75, 3.05) is 12.1 Å². The van der Waals surface area contributed by atoms with E-state index in [1.165, 1.54) is 0 Å². The Hall–Kier alpha value is -2.82. The molecule has 1 aromatic carbocycles. The van der Waals surface area contributed by atoms with Crippen LogP contribution in [0, 0.1) is 5.41 Å². The van der Waals surface area contributed by atoms with Gasteiger partial charge in [0.15, 0.2) is 17.3 Å². The minimum absolute atomic E-state index is 0.0454. The van der Waals surface area contributed by atoms with Gasteiger partial charge in [-0.05, 0) is 35.1 Å². The number of carbonyl (C=O) groups is 1. The average molecular weight is 348 g/mol. The molecular formula is C21H20N2O3. The largest absolute Gasteiger partial charge is 0.454 e. The molecule has 1 N–H and O–H groups in total. The van der Waals surface area contributed by atoms with E-state index in [1.807, 2.05) is 30.5 Å². The van der Waals surface area contributed by atoms with Crippen LogP contribution in [0.5, 0.6) is 11.5 Å². The SMILES string of the molecule is CC1(C)CC(=O)C2=C(C1)Nc1cc3c(cc1[C@H]2c1cccnc1)OCO3. The Labute approximate surface area is 152 Å². The zero-order chi connectivity index (χ0) is 17.9. The molecule has 0 fully saturated rings. The van der Waals surface area contributed by atoms with Crippen LogP contribution in [0.25, 0.3) is 0 Å². The van der Waals surface area contributed by atoms with E-state index in [4.69, 9.17) is 9.47 Å². The van der Waals surface area contributed by atoms with Crippen molar-refractivity contribution in [3.63, 3.8) is 0 Å². The summed E-state index contributed by atoms with van der Waals surface area (Å²) in [5.41, 5.74) is 4.88. The van der Waals surface area contributed by atoms with Gasteiger partial charge in [-0.3, -0.25) is 9.78 Å². The van der Waals surface area contributed by atoms with Gasteiger partial charge in [-0.2, -0.15) is 0 Å². The number of carbonyl (C=O) groups excluding carboxylic acids is 1. The van der Waals surface area contributed by atoms with Crippen molar-refractivity contribution in [2.24, 2.45) is 5.41 Å². The fraction of sp³-hybridized carbons (Fsp3) is 0.333. The molecule has 132 valence electrons. The van der Waals surface area contributed by atoms with E-state index in [2.05, 4.69) is 24.1 Å². The summed E-state index contributed by atoms with van der Waals surface area (Å²) >= 11 is 0. The third kappa shape index (κ3) is 2.30. The summed E-state index contributed by atoms with van der Waals surface area (Å²) in [4.78, 5) is 17.4. The minimum atomic E-state index is -0.131. The van der Waals surface area contributed by atoms with E-state index in [0.29, 0.717) is 6.42 Å². The van der Waals surface area contributed by atoms with Gasteiger partial charge in [-0.1, -0.05) is 19.9 Å². The molecule has 0 saturated carbocycles. The third-order valence-electron chi connectivity index (χ3n) is 5.37. The quantitative estimate of drug-likeness (QED) is 0.844. The third-order valence-corrected chi connectivity index (χ3v) is 5.37. The predicted octanol–water partition coefficient (Wildman–Crippen LogP) is 4.01. The lowest BCUT2D eigenvalue weighted by molar-refractivity contribution is -0.118.